The number of Topliss-reactive ketones (excluding diaryl/α,β-unsaturated/α-hetero) is 1. The predicted octanol–water partition coefficient (Wildman–Crippen LogP) is 0.865. The molecule has 5 heteroatoms. The van der Waals surface area contributed by atoms with E-state index in [2.05, 4.69) is 25.7 Å². The van der Waals surface area contributed by atoms with Gasteiger partial charge in [-0.3, -0.25) is 14.6 Å². The molecular weight excluding hydrogens is 296 g/mol. The molecule has 2 unspecified atom stereocenters. The molecule has 4 saturated heterocycles. The van der Waals surface area contributed by atoms with E-state index in [1.165, 1.54) is 0 Å². The summed E-state index contributed by atoms with van der Waals surface area (Å²) in [4.78, 5) is 17.7. The van der Waals surface area contributed by atoms with Crippen LogP contribution in [0.5, 0.6) is 0 Å². The summed E-state index contributed by atoms with van der Waals surface area (Å²) in [5, 5.41) is 0. The number of halogens is 1. The van der Waals surface area contributed by atoms with Crippen LogP contribution in [0.3, 0.4) is 0 Å². The zero-order valence-corrected chi connectivity index (χ0v) is 11.6. The molecule has 4 fully saturated rings. The van der Waals surface area contributed by atoms with E-state index in [9.17, 15) is 4.79 Å². The summed E-state index contributed by atoms with van der Waals surface area (Å²) in [6.07, 6.45) is 1.67. The van der Waals surface area contributed by atoms with E-state index in [4.69, 9.17) is 4.42 Å². The van der Waals surface area contributed by atoms with Crippen LogP contribution in [-0.4, -0.2) is 59.2 Å². The van der Waals surface area contributed by atoms with Crippen molar-refractivity contribution in [2.24, 2.45) is 0 Å². The SMILES string of the molecule is O=C1C2(Br)CN3CCN(C2)CC1(c1ccco1)C3. The van der Waals surface area contributed by atoms with Crippen molar-refractivity contribution in [1.82, 2.24) is 9.80 Å². The van der Waals surface area contributed by atoms with E-state index in [-0.39, 0.29) is 0 Å². The van der Waals surface area contributed by atoms with Crippen LogP contribution >= 0.6 is 15.9 Å². The van der Waals surface area contributed by atoms with Gasteiger partial charge in [0.15, 0.2) is 5.78 Å². The van der Waals surface area contributed by atoms with Crippen LogP contribution < -0.4 is 0 Å². The van der Waals surface area contributed by atoms with Gasteiger partial charge in [-0.1, -0.05) is 15.9 Å². The van der Waals surface area contributed by atoms with Gasteiger partial charge in [0.25, 0.3) is 0 Å². The third kappa shape index (κ3) is 1.30. The highest BCUT2D eigenvalue weighted by Crippen LogP contribution is 2.45. The molecule has 4 aliphatic rings. The molecule has 18 heavy (non-hydrogen) atoms. The Labute approximate surface area is 114 Å². The first-order chi connectivity index (χ1) is 8.62. The summed E-state index contributed by atoms with van der Waals surface area (Å²) in [7, 11) is 0. The molecule has 0 N–H and O–H groups in total. The van der Waals surface area contributed by atoms with Gasteiger partial charge in [-0.25, -0.2) is 0 Å². The first-order valence-corrected chi connectivity index (χ1v) is 7.14. The lowest BCUT2D eigenvalue weighted by Gasteiger charge is -2.51. The molecule has 2 atom stereocenters. The second-order valence-electron chi connectivity index (χ2n) is 5.78. The Morgan fingerprint density at radius 3 is 2.39 bits per heavy atom. The van der Waals surface area contributed by atoms with Gasteiger partial charge >= 0.3 is 0 Å². The van der Waals surface area contributed by atoms with Crippen LogP contribution in [0.1, 0.15) is 5.76 Å². The molecule has 1 aromatic rings. The number of piperidine rings is 2. The molecule has 5 heterocycles. The summed E-state index contributed by atoms with van der Waals surface area (Å²) in [6.45, 7) is 5.33. The fraction of sp³-hybridized carbons (Fsp3) is 0.615. The molecule has 0 saturated carbocycles. The first-order valence-electron chi connectivity index (χ1n) is 6.35. The summed E-state index contributed by atoms with van der Waals surface area (Å²) < 4.78 is 5.18. The Kier molecular flexibility index (Phi) is 2.16. The molecule has 4 bridgehead atoms. The maximum Gasteiger partial charge on any atom is 0.168 e. The summed E-state index contributed by atoms with van der Waals surface area (Å²) in [5.41, 5.74) is -0.472. The van der Waals surface area contributed by atoms with Crippen molar-refractivity contribution < 1.29 is 9.21 Å². The molecule has 0 amide bonds. The summed E-state index contributed by atoms with van der Waals surface area (Å²) >= 11 is 3.72. The lowest BCUT2D eigenvalue weighted by Crippen LogP contribution is -2.70. The smallest absolute Gasteiger partial charge is 0.168 e. The van der Waals surface area contributed by atoms with Crippen molar-refractivity contribution >= 4 is 21.7 Å². The number of hydrogen-bond donors (Lipinski definition) is 0. The molecule has 5 rings (SSSR count). The van der Waals surface area contributed by atoms with Gasteiger partial charge < -0.3 is 4.42 Å². The minimum atomic E-state index is -0.472. The molecule has 0 aliphatic carbocycles. The van der Waals surface area contributed by atoms with Crippen molar-refractivity contribution in [1.29, 1.82) is 0 Å². The van der Waals surface area contributed by atoms with Crippen molar-refractivity contribution in [2.75, 3.05) is 39.3 Å². The van der Waals surface area contributed by atoms with Gasteiger partial charge in [0.2, 0.25) is 0 Å². The Morgan fingerprint density at radius 1 is 1.17 bits per heavy atom. The summed E-state index contributed by atoms with van der Waals surface area (Å²) in [6, 6.07) is 3.83. The molecule has 1 aromatic heterocycles. The first kappa shape index (κ1) is 11.2. The van der Waals surface area contributed by atoms with Crippen LogP contribution in [0.15, 0.2) is 22.8 Å². The molecule has 4 aliphatic heterocycles. The van der Waals surface area contributed by atoms with E-state index in [1.54, 1.807) is 6.26 Å². The topological polar surface area (TPSA) is 36.7 Å². The maximum absolute atomic E-state index is 12.9. The molecule has 4 nitrogen and oxygen atoms in total. The maximum atomic E-state index is 12.9. The van der Waals surface area contributed by atoms with Crippen LogP contribution in [0.2, 0.25) is 0 Å². The second kappa shape index (κ2) is 3.46. The van der Waals surface area contributed by atoms with E-state index in [1.807, 2.05) is 12.1 Å². The number of carbonyl (C=O) groups excluding carboxylic acids is 1. The van der Waals surface area contributed by atoms with Gasteiger partial charge in [0, 0.05) is 39.3 Å². The molecule has 0 spiro atoms. The Morgan fingerprint density at radius 2 is 1.83 bits per heavy atom. The average molecular weight is 311 g/mol. The number of hydrogen-bond acceptors (Lipinski definition) is 4. The van der Waals surface area contributed by atoms with Crippen LogP contribution in [0.4, 0.5) is 0 Å². The molecule has 0 aromatic carbocycles. The minimum Gasteiger partial charge on any atom is -0.468 e. The van der Waals surface area contributed by atoms with E-state index in [0.717, 1.165) is 45.0 Å². The van der Waals surface area contributed by atoms with E-state index >= 15 is 0 Å². The predicted molar refractivity (Wildman–Crippen MR) is 69.9 cm³/mol. The number of fused-ring (bicyclic) bond motifs is 1. The molecule has 0 radical (unpaired) electrons. The number of furan rings is 1. The largest absolute Gasteiger partial charge is 0.468 e. The van der Waals surface area contributed by atoms with Gasteiger partial charge in [-0.2, -0.15) is 0 Å². The fourth-order valence-corrected chi connectivity index (χ4v) is 4.91. The fourth-order valence-electron chi connectivity index (χ4n) is 3.82. The number of alkyl halides is 1. The summed E-state index contributed by atoms with van der Waals surface area (Å²) in [5.74, 6) is 1.13. The highest BCUT2D eigenvalue weighted by atomic mass is 79.9. The Hall–Kier alpha value is -0.650. The quantitative estimate of drug-likeness (QED) is 0.721. The van der Waals surface area contributed by atoms with Crippen LogP contribution in [-0.2, 0) is 10.2 Å². The average Bonchev–Trinajstić information content (AvgIpc) is 2.75. The van der Waals surface area contributed by atoms with Gasteiger partial charge in [-0.15, -0.1) is 0 Å². The zero-order chi connectivity index (χ0) is 12.4. The Balaban J connectivity index is 1.90. The molecule has 96 valence electrons. The lowest BCUT2D eigenvalue weighted by molar-refractivity contribution is -0.135. The zero-order valence-electron chi connectivity index (χ0n) is 10.1. The highest BCUT2D eigenvalue weighted by molar-refractivity contribution is 9.10. The van der Waals surface area contributed by atoms with Crippen molar-refractivity contribution in [3.8, 4) is 0 Å². The number of carbonyl (C=O) groups is 1. The third-order valence-corrected chi connectivity index (χ3v) is 5.36. The number of rotatable bonds is 1. The monoisotopic (exact) mass is 310 g/mol. The lowest BCUT2D eigenvalue weighted by atomic mass is 9.69. The van der Waals surface area contributed by atoms with Gasteiger partial charge in [0.1, 0.15) is 15.5 Å². The Bertz CT molecular complexity index is 483. The van der Waals surface area contributed by atoms with Crippen molar-refractivity contribution in [3.05, 3.63) is 24.2 Å². The van der Waals surface area contributed by atoms with E-state index in [0.29, 0.717) is 5.78 Å². The number of ketones is 1. The standard InChI is InChI=1S/C13H15BrN2O2/c14-13-8-15-3-4-16(9-13)7-12(6-15,11(13)17)10-2-1-5-18-10/h1-2,5H,3-4,6-9H2. The van der Waals surface area contributed by atoms with E-state index < -0.39 is 9.74 Å². The van der Waals surface area contributed by atoms with Crippen molar-refractivity contribution in [3.63, 3.8) is 0 Å². The normalized spacial score (nSPS) is 46.4. The van der Waals surface area contributed by atoms with Gasteiger partial charge in [0.05, 0.1) is 6.26 Å². The molecular formula is C13H15BrN2O2. The minimum absolute atomic E-state index is 0.305. The third-order valence-electron chi connectivity index (χ3n) is 4.50. The van der Waals surface area contributed by atoms with Crippen molar-refractivity contribution in [2.45, 2.75) is 9.74 Å². The van der Waals surface area contributed by atoms with Gasteiger partial charge in [-0.05, 0) is 12.1 Å². The number of nitrogens with zero attached hydrogens (tertiary/aromatic N) is 2. The van der Waals surface area contributed by atoms with Crippen LogP contribution in [0, 0.1) is 0 Å². The van der Waals surface area contributed by atoms with Crippen LogP contribution in [0.25, 0.3) is 0 Å². The highest BCUT2D eigenvalue weighted by Gasteiger charge is 2.62. The second-order valence-corrected chi connectivity index (χ2v) is 7.29.